The molecule has 0 radical (unpaired) electrons. The van der Waals surface area contributed by atoms with Crippen LogP contribution in [-0.2, 0) is 21.6 Å². The molecule has 2 aromatic carbocycles. The average Bonchev–Trinajstić information content (AvgIpc) is 2.96. The van der Waals surface area contributed by atoms with E-state index in [4.69, 9.17) is 4.74 Å². The van der Waals surface area contributed by atoms with Crippen LogP contribution in [0, 0.1) is 0 Å². The predicted molar refractivity (Wildman–Crippen MR) is 87.4 cm³/mol. The third-order valence-corrected chi connectivity index (χ3v) is 4.48. The topological polar surface area (TPSA) is 26.3 Å². The Hall–Kier alpha value is -2.09. The number of ether oxygens (including phenoxy) is 1. The van der Waals surface area contributed by atoms with Gasteiger partial charge in [-0.2, -0.15) is 0 Å². The first-order valence-electron chi connectivity index (χ1n) is 8.10. The van der Waals surface area contributed by atoms with E-state index in [9.17, 15) is 4.79 Å². The maximum absolute atomic E-state index is 11.7. The molecule has 1 saturated heterocycles. The Labute approximate surface area is 132 Å². The van der Waals surface area contributed by atoms with Crippen LogP contribution in [0.15, 0.2) is 60.7 Å². The predicted octanol–water partition coefficient (Wildman–Crippen LogP) is 4.63. The Bertz CT molecular complexity index is 606. The van der Waals surface area contributed by atoms with E-state index < -0.39 is 5.60 Å². The molecular weight excluding hydrogens is 272 g/mol. The van der Waals surface area contributed by atoms with E-state index in [0.29, 0.717) is 6.42 Å². The third kappa shape index (κ3) is 3.38. The summed E-state index contributed by atoms with van der Waals surface area (Å²) < 4.78 is 5.75. The molecule has 3 rings (SSSR count). The van der Waals surface area contributed by atoms with E-state index in [0.717, 1.165) is 37.7 Å². The number of aryl methyl sites for hydroxylation is 1. The Kier molecular flexibility index (Phi) is 4.57. The lowest BCUT2D eigenvalue weighted by Crippen LogP contribution is -2.25. The van der Waals surface area contributed by atoms with Crippen molar-refractivity contribution in [2.75, 3.05) is 0 Å². The standard InChI is InChI=1S/C20H22O2/c21-19-14-16-20(22-19,18-12-5-2-6-13-18)15-8-7-11-17-9-3-1-4-10-17/h1-6,9-10,12-13H,7-8,11,14-16H2/t20-/m1/s1. The first-order valence-corrected chi connectivity index (χ1v) is 8.10. The molecule has 114 valence electrons. The zero-order valence-corrected chi connectivity index (χ0v) is 12.8. The van der Waals surface area contributed by atoms with Crippen molar-refractivity contribution in [3.8, 4) is 0 Å². The molecule has 1 aliphatic rings. The molecule has 2 heteroatoms. The van der Waals surface area contributed by atoms with E-state index in [1.165, 1.54) is 5.56 Å². The average molecular weight is 294 g/mol. The molecule has 0 bridgehead atoms. The molecule has 0 spiro atoms. The van der Waals surface area contributed by atoms with Crippen LogP contribution in [0.4, 0.5) is 0 Å². The maximum atomic E-state index is 11.7. The zero-order valence-electron chi connectivity index (χ0n) is 12.8. The molecule has 0 aromatic heterocycles. The molecule has 2 nitrogen and oxygen atoms in total. The minimum atomic E-state index is -0.394. The van der Waals surface area contributed by atoms with Crippen LogP contribution in [0.25, 0.3) is 0 Å². The van der Waals surface area contributed by atoms with Gasteiger partial charge in [0.15, 0.2) is 0 Å². The summed E-state index contributed by atoms with van der Waals surface area (Å²) in [6.07, 6.45) is 5.53. The monoisotopic (exact) mass is 294 g/mol. The lowest BCUT2D eigenvalue weighted by atomic mass is 9.85. The minimum absolute atomic E-state index is 0.0630. The van der Waals surface area contributed by atoms with Gasteiger partial charge in [-0.15, -0.1) is 0 Å². The summed E-state index contributed by atoms with van der Waals surface area (Å²) in [5, 5.41) is 0. The summed E-state index contributed by atoms with van der Waals surface area (Å²) in [6.45, 7) is 0. The first kappa shape index (κ1) is 14.8. The second kappa shape index (κ2) is 6.78. The van der Waals surface area contributed by atoms with Gasteiger partial charge in [0.1, 0.15) is 5.60 Å². The minimum Gasteiger partial charge on any atom is -0.454 e. The number of carbonyl (C=O) groups excluding carboxylic acids is 1. The molecule has 1 fully saturated rings. The molecule has 22 heavy (non-hydrogen) atoms. The summed E-state index contributed by atoms with van der Waals surface area (Å²) in [7, 11) is 0. The van der Waals surface area contributed by atoms with Crippen LogP contribution >= 0.6 is 0 Å². The number of esters is 1. The smallest absolute Gasteiger partial charge is 0.306 e. The van der Waals surface area contributed by atoms with Gasteiger partial charge in [0.05, 0.1) is 0 Å². The van der Waals surface area contributed by atoms with Crippen LogP contribution in [0.2, 0.25) is 0 Å². The Morgan fingerprint density at radius 2 is 1.59 bits per heavy atom. The summed E-state index contributed by atoms with van der Waals surface area (Å²) in [5.74, 6) is -0.0630. The van der Waals surface area contributed by atoms with Crippen LogP contribution in [-0.4, -0.2) is 5.97 Å². The van der Waals surface area contributed by atoms with Gasteiger partial charge < -0.3 is 4.74 Å². The highest BCUT2D eigenvalue weighted by molar-refractivity contribution is 5.72. The quantitative estimate of drug-likeness (QED) is 0.573. The number of unbranched alkanes of at least 4 members (excludes halogenated alkanes) is 1. The van der Waals surface area contributed by atoms with Gasteiger partial charge >= 0.3 is 5.97 Å². The third-order valence-electron chi connectivity index (χ3n) is 4.48. The maximum Gasteiger partial charge on any atom is 0.306 e. The van der Waals surface area contributed by atoms with Crippen molar-refractivity contribution in [2.45, 2.75) is 44.1 Å². The normalized spacial score (nSPS) is 20.8. The first-order chi connectivity index (χ1) is 10.8. The summed E-state index contributed by atoms with van der Waals surface area (Å²) in [4.78, 5) is 11.7. The SMILES string of the molecule is O=C1CC[C@](CCCCc2ccccc2)(c2ccccc2)O1. The van der Waals surface area contributed by atoms with Crippen molar-refractivity contribution >= 4 is 5.97 Å². The van der Waals surface area contributed by atoms with Gasteiger partial charge in [0.25, 0.3) is 0 Å². The summed E-state index contributed by atoms with van der Waals surface area (Å²) >= 11 is 0. The highest BCUT2D eigenvalue weighted by atomic mass is 16.6. The fourth-order valence-electron chi connectivity index (χ4n) is 3.27. The van der Waals surface area contributed by atoms with E-state index in [1.807, 2.05) is 24.3 Å². The van der Waals surface area contributed by atoms with E-state index in [1.54, 1.807) is 0 Å². The molecule has 1 aliphatic heterocycles. The highest BCUT2D eigenvalue weighted by Crippen LogP contribution is 2.41. The number of hydrogen-bond acceptors (Lipinski definition) is 2. The van der Waals surface area contributed by atoms with Gasteiger partial charge in [-0.3, -0.25) is 4.79 Å². The second-order valence-corrected chi connectivity index (χ2v) is 6.03. The lowest BCUT2D eigenvalue weighted by Gasteiger charge is -2.28. The zero-order chi connectivity index (χ0) is 15.3. The van der Waals surface area contributed by atoms with Crippen molar-refractivity contribution in [2.24, 2.45) is 0 Å². The molecule has 2 aromatic rings. The van der Waals surface area contributed by atoms with Crippen molar-refractivity contribution in [1.29, 1.82) is 0 Å². The van der Waals surface area contributed by atoms with Crippen LogP contribution < -0.4 is 0 Å². The molecule has 0 unspecified atom stereocenters. The molecule has 0 saturated carbocycles. The van der Waals surface area contributed by atoms with Gasteiger partial charge in [-0.1, -0.05) is 60.7 Å². The van der Waals surface area contributed by atoms with Gasteiger partial charge in [-0.05, 0) is 36.8 Å². The molecular formula is C20H22O2. The van der Waals surface area contributed by atoms with Crippen molar-refractivity contribution in [1.82, 2.24) is 0 Å². The van der Waals surface area contributed by atoms with Gasteiger partial charge in [0, 0.05) is 12.8 Å². The van der Waals surface area contributed by atoms with Crippen LogP contribution in [0.1, 0.15) is 43.2 Å². The summed E-state index contributed by atoms with van der Waals surface area (Å²) in [6, 6.07) is 20.8. The number of cyclic esters (lactones) is 1. The van der Waals surface area contributed by atoms with Crippen molar-refractivity contribution < 1.29 is 9.53 Å². The Morgan fingerprint density at radius 1 is 0.909 bits per heavy atom. The van der Waals surface area contributed by atoms with E-state index in [-0.39, 0.29) is 5.97 Å². The summed E-state index contributed by atoms with van der Waals surface area (Å²) in [5.41, 5.74) is 2.12. The van der Waals surface area contributed by atoms with Gasteiger partial charge in [-0.25, -0.2) is 0 Å². The van der Waals surface area contributed by atoms with E-state index >= 15 is 0 Å². The van der Waals surface area contributed by atoms with Crippen LogP contribution in [0.3, 0.4) is 0 Å². The number of hydrogen-bond donors (Lipinski definition) is 0. The van der Waals surface area contributed by atoms with E-state index in [2.05, 4.69) is 36.4 Å². The van der Waals surface area contributed by atoms with Gasteiger partial charge in [0.2, 0.25) is 0 Å². The highest BCUT2D eigenvalue weighted by Gasteiger charge is 2.41. The molecule has 0 amide bonds. The van der Waals surface area contributed by atoms with Crippen molar-refractivity contribution in [3.05, 3.63) is 71.8 Å². The largest absolute Gasteiger partial charge is 0.454 e. The molecule has 0 aliphatic carbocycles. The second-order valence-electron chi connectivity index (χ2n) is 6.03. The number of carbonyl (C=O) groups is 1. The molecule has 0 N–H and O–H groups in total. The molecule has 1 atom stereocenters. The fraction of sp³-hybridized carbons (Fsp3) is 0.350. The fourth-order valence-corrected chi connectivity index (χ4v) is 3.27. The Morgan fingerprint density at radius 3 is 2.23 bits per heavy atom. The van der Waals surface area contributed by atoms with Crippen molar-refractivity contribution in [3.63, 3.8) is 0 Å². The number of rotatable bonds is 6. The lowest BCUT2D eigenvalue weighted by molar-refractivity contribution is -0.150. The Balaban J connectivity index is 1.61. The van der Waals surface area contributed by atoms with Crippen LogP contribution in [0.5, 0.6) is 0 Å². The molecule has 1 heterocycles. The number of benzene rings is 2.